The molecule has 142 valence electrons. The first-order valence-electron chi connectivity index (χ1n) is 8.58. The lowest BCUT2D eigenvalue weighted by Crippen LogP contribution is -2.26. The molecule has 6 heteroatoms. The monoisotopic (exact) mass is 391 g/mol. The van der Waals surface area contributed by atoms with Crippen LogP contribution < -0.4 is 4.74 Å². The Labute approximate surface area is 162 Å². The number of nitrogens with zero attached hydrogens (tertiary/aromatic N) is 1. The van der Waals surface area contributed by atoms with E-state index < -0.39 is 11.6 Å². The number of hydrogen-bond acceptors (Lipinski definition) is 3. The third-order valence-corrected chi connectivity index (χ3v) is 4.66. The van der Waals surface area contributed by atoms with E-state index in [4.69, 9.17) is 21.1 Å². The van der Waals surface area contributed by atoms with Gasteiger partial charge >= 0.3 is 0 Å². The topological polar surface area (TPSA) is 21.7 Å². The van der Waals surface area contributed by atoms with Gasteiger partial charge in [0.05, 0.1) is 11.3 Å². The van der Waals surface area contributed by atoms with Crippen LogP contribution in [0.2, 0.25) is 5.02 Å². The van der Waals surface area contributed by atoms with Gasteiger partial charge in [0, 0.05) is 36.4 Å². The van der Waals surface area contributed by atoms with Crippen LogP contribution in [0.1, 0.15) is 18.1 Å². The van der Waals surface area contributed by atoms with Gasteiger partial charge in [-0.25, -0.2) is 8.78 Å². The summed E-state index contributed by atoms with van der Waals surface area (Å²) in [6, 6.07) is 9.04. The SMILES string of the molecule is CCN1CC=CC(c2cc(OCOC)ccc2Cl)=C1c1c(F)cccc1F. The van der Waals surface area contributed by atoms with Crippen molar-refractivity contribution in [3.63, 3.8) is 0 Å². The maximum atomic E-state index is 14.6. The summed E-state index contributed by atoms with van der Waals surface area (Å²) in [6.45, 7) is 3.18. The fourth-order valence-electron chi connectivity index (χ4n) is 3.09. The summed E-state index contributed by atoms with van der Waals surface area (Å²) in [5.74, 6) is -0.669. The minimum absolute atomic E-state index is 0.0574. The molecule has 0 aliphatic carbocycles. The Hall–Kier alpha value is -2.37. The Morgan fingerprint density at radius 2 is 1.89 bits per heavy atom. The third kappa shape index (κ3) is 3.99. The molecule has 2 aromatic carbocycles. The normalized spacial score (nSPS) is 14.0. The highest BCUT2D eigenvalue weighted by atomic mass is 35.5. The van der Waals surface area contributed by atoms with Gasteiger partial charge in [0.15, 0.2) is 6.79 Å². The Morgan fingerprint density at radius 3 is 2.56 bits per heavy atom. The molecule has 0 aromatic heterocycles. The quantitative estimate of drug-likeness (QED) is 0.619. The lowest BCUT2D eigenvalue weighted by Gasteiger charge is -2.31. The van der Waals surface area contributed by atoms with Crippen molar-refractivity contribution in [2.45, 2.75) is 6.92 Å². The molecule has 0 radical (unpaired) electrons. The second kappa shape index (κ2) is 8.55. The number of methoxy groups -OCH3 is 1. The van der Waals surface area contributed by atoms with Crippen LogP contribution in [0.15, 0.2) is 48.6 Å². The summed E-state index contributed by atoms with van der Waals surface area (Å²) in [6.07, 6.45) is 3.79. The molecule has 1 aliphatic rings. The Balaban J connectivity index is 2.23. The van der Waals surface area contributed by atoms with Crippen LogP contribution in [0, 0.1) is 11.6 Å². The summed E-state index contributed by atoms with van der Waals surface area (Å²) >= 11 is 6.43. The fourth-order valence-corrected chi connectivity index (χ4v) is 3.31. The molecule has 3 rings (SSSR count). The van der Waals surface area contributed by atoms with Gasteiger partial charge in [-0.1, -0.05) is 29.8 Å². The van der Waals surface area contributed by atoms with Crippen molar-refractivity contribution in [1.82, 2.24) is 4.90 Å². The number of hydrogen-bond donors (Lipinski definition) is 0. The molecule has 0 fully saturated rings. The van der Waals surface area contributed by atoms with Crippen molar-refractivity contribution in [3.8, 4) is 5.75 Å². The largest absolute Gasteiger partial charge is 0.468 e. The highest BCUT2D eigenvalue weighted by Crippen LogP contribution is 2.39. The van der Waals surface area contributed by atoms with Crippen LogP contribution in [-0.4, -0.2) is 31.9 Å². The van der Waals surface area contributed by atoms with Crippen LogP contribution in [0.3, 0.4) is 0 Å². The molecule has 27 heavy (non-hydrogen) atoms. The van der Waals surface area contributed by atoms with E-state index in [2.05, 4.69) is 0 Å². The zero-order chi connectivity index (χ0) is 19.4. The van der Waals surface area contributed by atoms with Crippen molar-refractivity contribution in [1.29, 1.82) is 0 Å². The molecule has 1 aliphatic heterocycles. The number of allylic oxidation sites excluding steroid dienone is 2. The van der Waals surface area contributed by atoms with Crippen molar-refractivity contribution < 1.29 is 18.3 Å². The van der Waals surface area contributed by atoms with Crippen LogP contribution in [0.5, 0.6) is 5.75 Å². The van der Waals surface area contributed by atoms with E-state index in [0.29, 0.717) is 40.7 Å². The lowest BCUT2D eigenvalue weighted by atomic mass is 9.94. The van der Waals surface area contributed by atoms with Crippen molar-refractivity contribution >= 4 is 22.9 Å². The molecule has 0 unspecified atom stereocenters. The molecule has 0 amide bonds. The fraction of sp³-hybridized carbons (Fsp3) is 0.238. The third-order valence-electron chi connectivity index (χ3n) is 4.33. The minimum atomic E-state index is -0.612. The van der Waals surface area contributed by atoms with Crippen LogP contribution in [-0.2, 0) is 4.74 Å². The Bertz CT molecular complexity index is 875. The summed E-state index contributed by atoms with van der Waals surface area (Å²) in [7, 11) is 1.53. The van der Waals surface area contributed by atoms with E-state index in [1.165, 1.54) is 25.3 Å². The predicted molar refractivity (Wildman–Crippen MR) is 104 cm³/mol. The highest BCUT2D eigenvalue weighted by Gasteiger charge is 2.25. The van der Waals surface area contributed by atoms with Gasteiger partial charge in [0.1, 0.15) is 17.4 Å². The summed E-state index contributed by atoms with van der Waals surface area (Å²) in [5, 5.41) is 0.464. The highest BCUT2D eigenvalue weighted by molar-refractivity contribution is 6.33. The van der Waals surface area contributed by atoms with Crippen molar-refractivity contribution in [2.75, 3.05) is 27.0 Å². The van der Waals surface area contributed by atoms with Gasteiger partial charge in [0.2, 0.25) is 0 Å². The number of likely N-dealkylation sites (N-methyl/N-ethyl adjacent to an activating group) is 1. The first-order valence-corrected chi connectivity index (χ1v) is 8.96. The molecule has 1 heterocycles. The number of ether oxygens (including phenoxy) is 2. The number of rotatable bonds is 6. The van der Waals surface area contributed by atoms with Gasteiger partial charge in [0.25, 0.3) is 0 Å². The summed E-state index contributed by atoms with van der Waals surface area (Å²) < 4.78 is 39.6. The second-order valence-corrected chi connectivity index (χ2v) is 6.40. The second-order valence-electron chi connectivity index (χ2n) is 5.99. The number of benzene rings is 2. The molecule has 0 saturated carbocycles. The molecule has 0 atom stereocenters. The van der Waals surface area contributed by atoms with Gasteiger partial charge in [-0.3, -0.25) is 0 Å². The predicted octanol–water partition coefficient (Wildman–Crippen LogP) is 5.36. The minimum Gasteiger partial charge on any atom is -0.468 e. The first kappa shape index (κ1) is 19.4. The average Bonchev–Trinajstić information content (AvgIpc) is 2.67. The first-order chi connectivity index (χ1) is 13.1. The Morgan fingerprint density at radius 1 is 1.15 bits per heavy atom. The number of halogens is 3. The van der Waals surface area contributed by atoms with E-state index >= 15 is 0 Å². The molecule has 2 aromatic rings. The van der Waals surface area contributed by atoms with E-state index in [0.717, 1.165) is 0 Å². The zero-order valence-electron chi connectivity index (χ0n) is 15.1. The van der Waals surface area contributed by atoms with Gasteiger partial charge in [-0.15, -0.1) is 0 Å². The van der Waals surface area contributed by atoms with Crippen LogP contribution in [0.4, 0.5) is 8.78 Å². The van der Waals surface area contributed by atoms with Gasteiger partial charge in [-0.05, 0) is 37.3 Å². The van der Waals surface area contributed by atoms with E-state index in [9.17, 15) is 8.78 Å². The van der Waals surface area contributed by atoms with Crippen LogP contribution in [0.25, 0.3) is 11.3 Å². The van der Waals surface area contributed by atoms with Crippen molar-refractivity contribution in [3.05, 3.63) is 76.3 Å². The van der Waals surface area contributed by atoms with E-state index in [-0.39, 0.29) is 12.4 Å². The molecule has 0 bridgehead atoms. The molecule has 0 saturated heterocycles. The maximum Gasteiger partial charge on any atom is 0.188 e. The smallest absolute Gasteiger partial charge is 0.188 e. The molecule has 3 nitrogen and oxygen atoms in total. The summed E-state index contributed by atoms with van der Waals surface area (Å²) in [5.41, 5.74) is 1.69. The van der Waals surface area contributed by atoms with Crippen LogP contribution >= 0.6 is 11.6 Å². The average molecular weight is 392 g/mol. The van der Waals surface area contributed by atoms with Gasteiger partial charge in [-0.2, -0.15) is 0 Å². The molecule has 0 spiro atoms. The van der Waals surface area contributed by atoms with E-state index in [1.54, 1.807) is 18.2 Å². The van der Waals surface area contributed by atoms with Crippen molar-refractivity contribution in [2.24, 2.45) is 0 Å². The molecular formula is C21H20ClF2NO2. The standard InChI is InChI=1S/C21H20ClF2NO2/c1-3-25-11-5-6-15(21(25)20-18(23)7-4-8-19(20)24)16-12-14(27-13-26-2)9-10-17(16)22/h4-10,12H,3,11,13H2,1-2H3. The lowest BCUT2D eigenvalue weighted by molar-refractivity contribution is 0.0511. The molecule has 0 N–H and O–H groups in total. The van der Waals surface area contributed by atoms with E-state index in [1.807, 2.05) is 24.0 Å². The Kier molecular flexibility index (Phi) is 6.14. The maximum absolute atomic E-state index is 14.6. The van der Waals surface area contributed by atoms with Gasteiger partial charge < -0.3 is 14.4 Å². The summed E-state index contributed by atoms with van der Waals surface area (Å²) in [4.78, 5) is 1.91. The molecular weight excluding hydrogens is 372 g/mol. The zero-order valence-corrected chi connectivity index (χ0v) is 15.9.